The predicted molar refractivity (Wildman–Crippen MR) is 111 cm³/mol. The van der Waals surface area contributed by atoms with Crippen molar-refractivity contribution in [2.75, 3.05) is 7.05 Å². The molecule has 30 heavy (non-hydrogen) atoms. The molecule has 0 saturated heterocycles. The van der Waals surface area contributed by atoms with Crippen LogP contribution in [0.5, 0.6) is 0 Å². The van der Waals surface area contributed by atoms with Crippen LogP contribution in [0.25, 0.3) is 17.0 Å². The maximum Gasteiger partial charge on any atom is 0.293 e. The predicted octanol–water partition coefficient (Wildman–Crippen LogP) is 4.90. The number of rotatable bonds is 5. The number of aromatic nitrogens is 3. The molecule has 2 aromatic carbocycles. The number of hydrogen-bond donors (Lipinski definition) is 0. The van der Waals surface area contributed by atoms with Gasteiger partial charge in [0.1, 0.15) is 23.2 Å². The highest BCUT2D eigenvalue weighted by Crippen LogP contribution is 2.24. The fourth-order valence-corrected chi connectivity index (χ4v) is 3.14. The molecular weight excluding hydrogens is 407 g/mol. The van der Waals surface area contributed by atoms with Crippen molar-refractivity contribution in [3.63, 3.8) is 0 Å². The summed E-state index contributed by atoms with van der Waals surface area (Å²) < 4.78 is 20.5. The van der Waals surface area contributed by atoms with Crippen molar-refractivity contribution in [2.45, 2.75) is 13.5 Å². The van der Waals surface area contributed by atoms with Crippen LogP contribution in [0.2, 0.25) is 5.02 Å². The van der Waals surface area contributed by atoms with E-state index < -0.39 is 0 Å². The van der Waals surface area contributed by atoms with E-state index in [9.17, 15) is 9.18 Å². The number of benzene rings is 2. The highest BCUT2D eigenvalue weighted by molar-refractivity contribution is 6.30. The molecule has 0 aliphatic rings. The van der Waals surface area contributed by atoms with Crippen LogP contribution in [-0.2, 0) is 6.54 Å². The maximum atomic E-state index is 13.2. The van der Waals surface area contributed by atoms with Gasteiger partial charge in [-0.3, -0.25) is 4.79 Å². The van der Waals surface area contributed by atoms with Crippen molar-refractivity contribution < 1.29 is 13.6 Å². The van der Waals surface area contributed by atoms with Gasteiger partial charge in [-0.25, -0.2) is 14.1 Å². The van der Waals surface area contributed by atoms with E-state index >= 15 is 0 Å². The topological polar surface area (TPSA) is 64.2 Å². The van der Waals surface area contributed by atoms with E-state index in [4.69, 9.17) is 16.0 Å². The second-order valence-electron chi connectivity index (χ2n) is 6.80. The number of amides is 1. The third kappa shape index (κ3) is 4.11. The van der Waals surface area contributed by atoms with Crippen molar-refractivity contribution in [3.05, 3.63) is 88.9 Å². The molecular formula is C22H18ClFN4O2. The van der Waals surface area contributed by atoms with Gasteiger partial charge in [0.25, 0.3) is 5.91 Å². The summed E-state index contributed by atoms with van der Waals surface area (Å²) >= 11 is 5.92. The van der Waals surface area contributed by atoms with Gasteiger partial charge in [-0.15, -0.1) is 5.10 Å². The molecule has 0 aliphatic heterocycles. The smallest absolute Gasteiger partial charge is 0.293 e. The summed E-state index contributed by atoms with van der Waals surface area (Å²) in [5, 5.41) is 4.93. The summed E-state index contributed by atoms with van der Waals surface area (Å²) in [5.41, 5.74) is 1.52. The Morgan fingerprint density at radius 1 is 1.10 bits per heavy atom. The largest absolute Gasteiger partial charge is 0.459 e. The maximum absolute atomic E-state index is 13.2. The molecule has 1 amide bonds. The first-order chi connectivity index (χ1) is 14.4. The molecule has 2 heterocycles. The standard InChI is InChI=1S/C22H18ClFN4O2/c1-14-25-21(26-28(14)18-9-7-17(24)8-10-18)22(29)27(2)13-19-11-12-20(30-19)15-3-5-16(23)6-4-15/h3-12H,13H2,1-2H3. The number of aryl methyl sites for hydroxylation is 1. The molecule has 0 bridgehead atoms. The van der Waals surface area contributed by atoms with Crippen LogP contribution in [0, 0.1) is 12.7 Å². The normalized spacial score (nSPS) is 10.9. The molecule has 0 radical (unpaired) electrons. The van der Waals surface area contributed by atoms with Gasteiger partial charge < -0.3 is 9.32 Å². The molecule has 0 unspecified atom stereocenters. The first-order valence-electron chi connectivity index (χ1n) is 9.20. The van der Waals surface area contributed by atoms with Crippen molar-refractivity contribution in [1.82, 2.24) is 19.7 Å². The van der Waals surface area contributed by atoms with Crippen LogP contribution < -0.4 is 0 Å². The summed E-state index contributed by atoms with van der Waals surface area (Å²) in [7, 11) is 1.65. The molecule has 2 aromatic heterocycles. The van der Waals surface area contributed by atoms with Gasteiger partial charge in [0.15, 0.2) is 0 Å². The first kappa shape index (κ1) is 19.8. The minimum absolute atomic E-state index is 0.0591. The number of furan rings is 1. The van der Waals surface area contributed by atoms with Gasteiger partial charge in [0.05, 0.1) is 12.2 Å². The fraction of sp³-hybridized carbons (Fsp3) is 0.136. The van der Waals surface area contributed by atoms with Crippen molar-refractivity contribution >= 4 is 17.5 Å². The SMILES string of the molecule is Cc1nc(C(=O)N(C)Cc2ccc(-c3ccc(Cl)cc3)o2)nn1-c1ccc(F)cc1. The number of carbonyl (C=O) groups is 1. The van der Waals surface area contributed by atoms with E-state index in [1.165, 1.54) is 21.7 Å². The summed E-state index contributed by atoms with van der Waals surface area (Å²) in [6.07, 6.45) is 0. The first-order valence-corrected chi connectivity index (χ1v) is 9.58. The van der Waals surface area contributed by atoms with Crippen LogP contribution in [0.1, 0.15) is 22.2 Å². The average Bonchev–Trinajstić information content (AvgIpc) is 3.35. The lowest BCUT2D eigenvalue weighted by atomic mass is 10.2. The minimum Gasteiger partial charge on any atom is -0.459 e. The van der Waals surface area contributed by atoms with E-state index in [0.29, 0.717) is 28.1 Å². The lowest BCUT2D eigenvalue weighted by Gasteiger charge is -2.13. The van der Waals surface area contributed by atoms with Crippen LogP contribution in [0.3, 0.4) is 0 Å². The Labute approximate surface area is 177 Å². The Balaban J connectivity index is 1.48. The van der Waals surface area contributed by atoms with Gasteiger partial charge in [0.2, 0.25) is 5.82 Å². The molecule has 152 valence electrons. The third-order valence-electron chi connectivity index (χ3n) is 4.56. The average molecular weight is 425 g/mol. The fourth-order valence-electron chi connectivity index (χ4n) is 3.02. The quantitative estimate of drug-likeness (QED) is 0.457. The zero-order valence-corrected chi connectivity index (χ0v) is 17.1. The molecule has 0 N–H and O–H groups in total. The monoisotopic (exact) mass is 424 g/mol. The van der Waals surface area contributed by atoms with Crippen LogP contribution >= 0.6 is 11.6 Å². The van der Waals surface area contributed by atoms with Crippen LogP contribution in [-0.4, -0.2) is 32.6 Å². The second-order valence-corrected chi connectivity index (χ2v) is 7.24. The molecule has 8 heteroatoms. The van der Waals surface area contributed by atoms with E-state index in [0.717, 1.165) is 5.56 Å². The molecule has 4 rings (SSSR count). The van der Waals surface area contributed by atoms with E-state index in [-0.39, 0.29) is 24.1 Å². The molecule has 0 aliphatic carbocycles. The molecule has 0 fully saturated rings. The zero-order chi connectivity index (χ0) is 21.3. The third-order valence-corrected chi connectivity index (χ3v) is 4.81. The van der Waals surface area contributed by atoms with Crippen molar-refractivity contribution in [1.29, 1.82) is 0 Å². The Morgan fingerprint density at radius 2 is 1.80 bits per heavy atom. The summed E-state index contributed by atoms with van der Waals surface area (Å²) in [6, 6.07) is 16.8. The van der Waals surface area contributed by atoms with Crippen molar-refractivity contribution in [2.24, 2.45) is 0 Å². The number of nitrogens with zero attached hydrogens (tertiary/aromatic N) is 4. The molecule has 4 aromatic rings. The summed E-state index contributed by atoms with van der Waals surface area (Å²) in [6.45, 7) is 1.99. The van der Waals surface area contributed by atoms with E-state index in [1.54, 1.807) is 38.2 Å². The summed E-state index contributed by atoms with van der Waals surface area (Å²) in [4.78, 5) is 18.5. The van der Waals surface area contributed by atoms with Gasteiger partial charge in [-0.2, -0.15) is 0 Å². The number of carbonyl (C=O) groups excluding carboxylic acids is 1. The summed E-state index contributed by atoms with van der Waals surface area (Å²) in [5.74, 6) is 1.22. The van der Waals surface area contributed by atoms with Crippen LogP contribution in [0.15, 0.2) is 65.1 Å². The van der Waals surface area contributed by atoms with Gasteiger partial charge >= 0.3 is 0 Å². The van der Waals surface area contributed by atoms with Gasteiger partial charge in [-0.05, 0) is 67.6 Å². The van der Waals surface area contributed by atoms with E-state index in [1.807, 2.05) is 24.3 Å². The number of halogens is 2. The lowest BCUT2D eigenvalue weighted by molar-refractivity contribution is 0.0763. The number of hydrogen-bond acceptors (Lipinski definition) is 4. The molecule has 0 spiro atoms. The molecule has 0 atom stereocenters. The zero-order valence-electron chi connectivity index (χ0n) is 16.3. The highest BCUT2D eigenvalue weighted by Gasteiger charge is 2.20. The Hall–Kier alpha value is -3.45. The van der Waals surface area contributed by atoms with E-state index in [2.05, 4.69) is 10.1 Å². The Bertz CT molecular complexity index is 1180. The van der Waals surface area contributed by atoms with Gasteiger partial charge in [0, 0.05) is 17.6 Å². The minimum atomic E-state index is -0.344. The Kier molecular flexibility index (Phi) is 5.37. The highest BCUT2D eigenvalue weighted by atomic mass is 35.5. The molecule has 0 saturated carbocycles. The second kappa shape index (κ2) is 8.12. The molecule has 6 nitrogen and oxygen atoms in total. The Morgan fingerprint density at radius 3 is 2.50 bits per heavy atom. The van der Waals surface area contributed by atoms with Crippen molar-refractivity contribution in [3.8, 4) is 17.0 Å². The van der Waals surface area contributed by atoms with Crippen LogP contribution in [0.4, 0.5) is 4.39 Å². The van der Waals surface area contributed by atoms with Gasteiger partial charge in [-0.1, -0.05) is 11.6 Å². The lowest BCUT2D eigenvalue weighted by Crippen LogP contribution is -2.27.